The Kier molecular flexibility index (Phi) is 3.23. The molecule has 0 radical (unpaired) electrons. The van der Waals surface area contributed by atoms with Crippen molar-refractivity contribution in [2.45, 2.75) is 0 Å². The number of hydrogen-bond acceptors (Lipinski definition) is 0. The average Bonchev–Trinajstić information content (AvgIpc) is 2.89. The van der Waals surface area contributed by atoms with Gasteiger partial charge in [0.2, 0.25) is 0 Å². The summed E-state index contributed by atoms with van der Waals surface area (Å²) in [6.45, 7) is 0. The van der Waals surface area contributed by atoms with Gasteiger partial charge in [0.05, 0.1) is 11.2 Å². The second-order valence-corrected chi connectivity index (χ2v) is 5.68. The van der Waals surface area contributed by atoms with Gasteiger partial charge in [-0.3, -0.25) is 0 Å². The summed E-state index contributed by atoms with van der Waals surface area (Å²) in [4.78, 5) is 0. The zero-order chi connectivity index (χ0) is 15.8. The summed E-state index contributed by atoms with van der Waals surface area (Å²) < 4.78 is 15.8. The number of rotatable bonds is 2. The Morgan fingerprint density at radius 2 is 1.35 bits per heavy atom. The number of benzene rings is 3. The zero-order valence-electron chi connectivity index (χ0n) is 12.8. The van der Waals surface area contributed by atoms with Crippen LogP contribution in [0.25, 0.3) is 33.3 Å². The van der Waals surface area contributed by atoms with Crippen LogP contribution in [0.2, 0.25) is 0 Å². The van der Waals surface area contributed by atoms with E-state index in [1.165, 1.54) is 6.07 Å². The third-order valence-electron chi connectivity index (χ3n) is 4.27. The van der Waals surface area contributed by atoms with Gasteiger partial charge in [0.25, 0.3) is 0 Å². The molecule has 112 valence electrons. The van der Waals surface area contributed by atoms with Gasteiger partial charge in [-0.15, -0.1) is 0 Å². The summed E-state index contributed by atoms with van der Waals surface area (Å²) in [5.41, 5.74) is 5.43. The van der Waals surface area contributed by atoms with Crippen molar-refractivity contribution in [1.82, 2.24) is 4.57 Å². The second-order valence-electron chi connectivity index (χ2n) is 5.68. The van der Waals surface area contributed by atoms with Crippen LogP contribution in [-0.2, 0) is 7.05 Å². The van der Waals surface area contributed by atoms with Gasteiger partial charge in [-0.2, -0.15) is 0 Å². The Hall–Kier alpha value is -2.87. The van der Waals surface area contributed by atoms with Crippen LogP contribution in [0.4, 0.5) is 4.39 Å². The lowest BCUT2D eigenvalue weighted by Gasteiger charge is -2.08. The first-order valence-corrected chi connectivity index (χ1v) is 7.64. The van der Waals surface area contributed by atoms with Crippen molar-refractivity contribution < 1.29 is 4.39 Å². The second kappa shape index (κ2) is 5.40. The van der Waals surface area contributed by atoms with E-state index in [0.29, 0.717) is 0 Å². The first-order valence-electron chi connectivity index (χ1n) is 7.64. The fourth-order valence-corrected chi connectivity index (χ4v) is 3.24. The average molecular weight is 301 g/mol. The van der Waals surface area contributed by atoms with Crippen molar-refractivity contribution in [3.05, 3.63) is 84.7 Å². The van der Waals surface area contributed by atoms with Gasteiger partial charge in [0, 0.05) is 18.0 Å². The SMILES string of the molecule is Cn1c(-c2ccccc2)c(-c2ccccc2)c2ccc(F)cc21. The smallest absolute Gasteiger partial charge is 0.125 e. The molecule has 0 unspecified atom stereocenters. The number of hydrogen-bond donors (Lipinski definition) is 0. The van der Waals surface area contributed by atoms with Gasteiger partial charge in [-0.05, 0) is 29.3 Å². The van der Waals surface area contributed by atoms with Gasteiger partial charge in [-0.25, -0.2) is 4.39 Å². The first-order chi connectivity index (χ1) is 11.3. The summed E-state index contributed by atoms with van der Waals surface area (Å²) >= 11 is 0. The van der Waals surface area contributed by atoms with E-state index in [1.807, 2.05) is 49.5 Å². The highest BCUT2D eigenvalue weighted by molar-refractivity contribution is 6.04. The Morgan fingerprint density at radius 3 is 2.00 bits per heavy atom. The number of fused-ring (bicyclic) bond motifs is 1. The molecule has 0 spiro atoms. The molecule has 0 atom stereocenters. The zero-order valence-corrected chi connectivity index (χ0v) is 12.8. The molecular formula is C21H16FN. The van der Waals surface area contributed by atoms with Crippen LogP contribution in [0, 0.1) is 5.82 Å². The summed E-state index contributed by atoms with van der Waals surface area (Å²) in [6.07, 6.45) is 0. The molecule has 0 saturated heterocycles. The van der Waals surface area contributed by atoms with Crippen molar-refractivity contribution in [1.29, 1.82) is 0 Å². The molecule has 0 N–H and O–H groups in total. The molecule has 0 aliphatic heterocycles. The highest BCUT2D eigenvalue weighted by Gasteiger charge is 2.18. The van der Waals surface area contributed by atoms with Gasteiger partial charge in [-0.1, -0.05) is 60.7 Å². The van der Waals surface area contributed by atoms with Crippen LogP contribution < -0.4 is 0 Å². The van der Waals surface area contributed by atoms with Crippen molar-refractivity contribution >= 4 is 10.9 Å². The third kappa shape index (κ3) is 2.23. The minimum atomic E-state index is -0.211. The summed E-state index contributed by atoms with van der Waals surface area (Å²) in [5, 5.41) is 1.07. The maximum atomic E-state index is 13.7. The Labute approximate surface area is 134 Å². The summed E-state index contributed by atoms with van der Waals surface area (Å²) in [6, 6.07) is 25.6. The molecule has 4 rings (SSSR count). The van der Waals surface area contributed by atoms with Crippen molar-refractivity contribution in [2.75, 3.05) is 0 Å². The molecule has 4 aromatic rings. The van der Waals surface area contributed by atoms with E-state index >= 15 is 0 Å². The van der Waals surface area contributed by atoms with Crippen LogP contribution in [0.15, 0.2) is 78.9 Å². The van der Waals surface area contributed by atoms with Crippen LogP contribution in [0.3, 0.4) is 0 Å². The Morgan fingerprint density at radius 1 is 0.739 bits per heavy atom. The van der Waals surface area contributed by atoms with Crippen LogP contribution >= 0.6 is 0 Å². The van der Waals surface area contributed by atoms with Crippen molar-refractivity contribution in [2.24, 2.45) is 7.05 Å². The minimum Gasteiger partial charge on any atom is -0.343 e. The summed E-state index contributed by atoms with van der Waals surface area (Å²) in [7, 11) is 2.00. The van der Waals surface area contributed by atoms with Crippen molar-refractivity contribution in [3.63, 3.8) is 0 Å². The number of halogens is 1. The third-order valence-corrected chi connectivity index (χ3v) is 4.27. The molecule has 1 heterocycles. The van der Waals surface area contributed by atoms with E-state index in [0.717, 1.165) is 33.3 Å². The molecule has 0 aliphatic rings. The molecule has 0 fully saturated rings. The largest absolute Gasteiger partial charge is 0.343 e. The summed E-state index contributed by atoms with van der Waals surface area (Å²) in [5.74, 6) is -0.211. The lowest BCUT2D eigenvalue weighted by Crippen LogP contribution is -1.92. The highest BCUT2D eigenvalue weighted by atomic mass is 19.1. The van der Waals surface area contributed by atoms with E-state index in [-0.39, 0.29) is 5.82 Å². The normalized spacial score (nSPS) is 11.0. The monoisotopic (exact) mass is 301 g/mol. The standard InChI is InChI=1S/C21H16FN/c1-23-19-14-17(22)12-13-18(19)20(15-8-4-2-5-9-15)21(23)16-10-6-3-7-11-16/h2-14H,1H3. The highest BCUT2D eigenvalue weighted by Crippen LogP contribution is 2.40. The van der Waals surface area contributed by atoms with Crippen LogP contribution in [0.5, 0.6) is 0 Å². The number of nitrogens with zero attached hydrogens (tertiary/aromatic N) is 1. The molecule has 3 aromatic carbocycles. The van der Waals surface area contributed by atoms with E-state index in [4.69, 9.17) is 0 Å². The molecular weight excluding hydrogens is 285 g/mol. The van der Waals surface area contributed by atoms with Gasteiger partial charge >= 0.3 is 0 Å². The molecule has 0 saturated carbocycles. The molecule has 2 heteroatoms. The van der Waals surface area contributed by atoms with Gasteiger partial charge < -0.3 is 4.57 Å². The van der Waals surface area contributed by atoms with Crippen molar-refractivity contribution in [3.8, 4) is 22.4 Å². The van der Waals surface area contributed by atoms with E-state index in [9.17, 15) is 4.39 Å². The van der Waals surface area contributed by atoms with E-state index < -0.39 is 0 Å². The first kappa shape index (κ1) is 13.8. The lowest BCUT2D eigenvalue weighted by atomic mass is 9.98. The van der Waals surface area contributed by atoms with Gasteiger partial charge in [0.15, 0.2) is 0 Å². The molecule has 1 nitrogen and oxygen atoms in total. The molecule has 1 aromatic heterocycles. The molecule has 23 heavy (non-hydrogen) atoms. The van der Waals surface area contributed by atoms with Crippen LogP contribution in [-0.4, -0.2) is 4.57 Å². The fourth-order valence-electron chi connectivity index (χ4n) is 3.24. The predicted molar refractivity (Wildman–Crippen MR) is 93.7 cm³/mol. The lowest BCUT2D eigenvalue weighted by molar-refractivity contribution is 0.629. The Balaban J connectivity index is 2.14. The van der Waals surface area contributed by atoms with Gasteiger partial charge in [0.1, 0.15) is 5.82 Å². The van der Waals surface area contributed by atoms with E-state index in [2.05, 4.69) is 28.8 Å². The van der Waals surface area contributed by atoms with Crippen LogP contribution in [0.1, 0.15) is 0 Å². The predicted octanol–water partition coefficient (Wildman–Crippen LogP) is 5.65. The number of aromatic nitrogens is 1. The number of aryl methyl sites for hydroxylation is 1. The minimum absolute atomic E-state index is 0.211. The Bertz CT molecular complexity index is 969. The maximum absolute atomic E-state index is 13.7. The quantitative estimate of drug-likeness (QED) is 0.451. The molecule has 0 aliphatic carbocycles. The molecule has 0 bridgehead atoms. The topological polar surface area (TPSA) is 4.93 Å². The van der Waals surface area contributed by atoms with E-state index in [1.54, 1.807) is 6.07 Å². The maximum Gasteiger partial charge on any atom is 0.125 e. The molecule has 0 amide bonds. The fraction of sp³-hybridized carbons (Fsp3) is 0.0476.